The molecule has 6 aromatic rings. The van der Waals surface area contributed by atoms with E-state index in [0.29, 0.717) is 12.2 Å². The van der Waals surface area contributed by atoms with Crippen molar-refractivity contribution in [3.63, 3.8) is 0 Å². The predicted molar refractivity (Wildman–Crippen MR) is 267 cm³/mol. The van der Waals surface area contributed by atoms with E-state index in [2.05, 4.69) is 60.7 Å². The zero-order valence-electron chi connectivity index (χ0n) is 39.2. The van der Waals surface area contributed by atoms with Crippen molar-refractivity contribution >= 4 is 42.5 Å². The highest BCUT2D eigenvalue weighted by molar-refractivity contribution is 8.26. The number of aromatic amines is 2. The van der Waals surface area contributed by atoms with Gasteiger partial charge in [0.25, 0.3) is 0 Å². The van der Waals surface area contributed by atoms with Gasteiger partial charge in [-0.2, -0.15) is 10.2 Å². The zero-order chi connectivity index (χ0) is 49.5. The number of carboxylic acids is 1. The number of ether oxygens (including phenoxy) is 1. The lowest BCUT2D eigenvalue weighted by molar-refractivity contribution is -0.144. The molecule has 2 atom stereocenters. The van der Waals surface area contributed by atoms with E-state index >= 15 is 0 Å². The van der Waals surface area contributed by atoms with E-state index in [1.54, 1.807) is 47.7 Å². The van der Waals surface area contributed by atoms with Crippen LogP contribution in [0.15, 0.2) is 95.0 Å². The number of aliphatic hydroxyl groups excluding tert-OH is 1. The highest BCUT2D eigenvalue weighted by Gasteiger charge is 2.22. The number of aromatic nitrogens is 8. The number of carbonyl (C=O) groups excluding carboxylic acids is 1. The normalized spacial score (nSPS) is 13.5. The molecule has 0 radical (unpaired) electrons. The summed E-state index contributed by atoms with van der Waals surface area (Å²) in [5, 5.41) is 26.2. The van der Waals surface area contributed by atoms with Crippen LogP contribution in [0.3, 0.4) is 0 Å². The molecule has 0 aromatic carbocycles. The van der Waals surface area contributed by atoms with Crippen LogP contribution in [0.25, 0.3) is 0 Å². The number of carbonyl (C=O) groups is 2. The van der Waals surface area contributed by atoms with Gasteiger partial charge in [-0.1, -0.05) is 12.1 Å². The van der Waals surface area contributed by atoms with Crippen molar-refractivity contribution in [3.8, 4) is 0 Å². The first-order valence-corrected chi connectivity index (χ1v) is 26.3. The maximum atomic E-state index is 12.2. The van der Waals surface area contributed by atoms with Crippen molar-refractivity contribution in [1.82, 2.24) is 39.5 Å². The number of halogens is 2. The van der Waals surface area contributed by atoms with E-state index in [4.69, 9.17) is 29.1 Å². The molecule has 6 heterocycles. The van der Waals surface area contributed by atoms with Crippen molar-refractivity contribution in [1.29, 1.82) is 0 Å². The number of nitrogens with zero attached hydrogens (tertiary/aromatic N) is 6. The Kier molecular flexibility index (Phi) is 22.5. The van der Waals surface area contributed by atoms with Gasteiger partial charge in [-0.3, -0.25) is 38.5 Å². The average Bonchev–Trinajstić information content (AvgIpc) is 4.01. The number of hydrogen-bond acceptors (Lipinski definition) is 11. The summed E-state index contributed by atoms with van der Waals surface area (Å²) in [6.45, 7) is 4.05. The van der Waals surface area contributed by atoms with Crippen LogP contribution in [-0.2, 0) is 74.9 Å². The average molecular weight is 1010 g/mol. The summed E-state index contributed by atoms with van der Waals surface area (Å²) in [6.07, 6.45) is 21.8. The summed E-state index contributed by atoms with van der Waals surface area (Å²) in [6, 6.07) is 18.1. The molecule has 0 bridgehead atoms. The summed E-state index contributed by atoms with van der Waals surface area (Å²) in [7, 11) is 7.36. The third kappa shape index (κ3) is 18.3. The number of rotatable bonds is 17. The minimum atomic E-state index is -1.67. The zero-order valence-corrected chi connectivity index (χ0v) is 41.5. The van der Waals surface area contributed by atoms with Gasteiger partial charge in [-0.25, -0.2) is 4.21 Å². The molecule has 6 aromatic heterocycles. The number of carboxylic acid groups (broad SMARTS) is 1. The number of hydrogen-bond donors (Lipinski definition) is 4. The topological polar surface area (TPSA) is 228 Å². The monoisotopic (exact) mass is 1000 g/mol. The van der Waals surface area contributed by atoms with Crippen LogP contribution in [0.4, 0.5) is 0 Å². The fourth-order valence-electron chi connectivity index (χ4n) is 8.33. The van der Waals surface area contributed by atoms with Crippen LogP contribution in [-0.4, -0.2) is 79.1 Å². The maximum Gasteiger partial charge on any atom is 0.308 e. The molecular weight excluding hydrogens is 944 g/mol. The number of aryl methyl sites for hydroxylation is 8. The molecule has 8 rings (SSSR count). The van der Waals surface area contributed by atoms with E-state index < -0.39 is 21.2 Å². The molecule has 0 saturated carbocycles. The van der Waals surface area contributed by atoms with E-state index in [0.717, 1.165) is 92.5 Å². The van der Waals surface area contributed by atoms with Crippen molar-refractivity contribution < 1.29 is 28.7 Å². The molecular formula is C50H62Cl2N8O8S. The highest BCUT2D eigenvalue weighted by Crippen LogP contribution is 2.25. The number of esters is 1. The van der Waals surface area contributed by atoms with Crippen LogP contribution in [0.1, 0.15) is 134 Å². The van der Waals surface area contributed by atoms with E-state index in [-0.39, 0.29) is 42.6 Å². The molecule has 0 fully saturated rings. The molecule has 69 heavy (non-hydrogen) atoms. The standard InChI is InChI=1S/C25H30N4O3.C23H26N4O3.C2H6O.Cl2OS/c1-2-32-25(31)16-23(19-11-13-24(30)26-17-19)29-15-14-21(28-29)8-5-7-20-12-10-18-6-3-4-9-22(18)27-20;28-22-11-9-17(15-24-22)21(14-23(29)30)27-13-12-19(26-27)6-3-5-18-10-8-16-4-1-2-7-20(16)25-18;1-2-3;1-4(2)3/h10-15,17,23H,2-9,16H2,1H3,(H,26,30);8-13,15,21H,1-7,14H2,(H,24,28)(H,29,30);3H,2H2,1H3;/t23-;21-;;/m00../s1. The molecule has 16 nitrogen and oxygen atoms in total. The molecule has 0 saturated heterocycles. The Labute approximate surface area is 413 Å². The van der Waals surface area contributed by atoms with Crippen LogP contribution in [0.2, 0.25) is 0 Å². The summed E-state index contributed by atoms with van der Waals surface area (Å²) in [5.41, 5.74) is 10.7. The highest BCUT2D eigenvalue weighted by atomic mass is 36.0. The molecule has 0 unspecified atom stereocenters. The van der Waals surface area contributed by atoms with Crippen molar-refractivity contribution in [2.75, 3.05) is 13.2 Å². The maximum absolute atomic E-state index is 12.2. The van der Waals surface area contributed by atoms with Crippen LogP contribution < -0.4 is 11.1 Å². The Morgan fingerprint density at radius 2 is 1.09 bits per heavy atom. The number of aliphatic carboxylic acids is 1. The second-order valence-corrected chi connectivity index (χ2v) is 19.1. The third-order valence-electron chi connectivity index (χ3n) is 11.6. The Hall–Kier alpha value is -5.75. The third-order valence-corrected chi connectivity index (χ3v) is 11.6. The molecule has 0 spiro atoms. The van der Waals surface area contributed by atoms with Crippen molar-refractivity contribution in [3.05, 3.63) is 163 Å². The Bertz CT molecular complexity index is 2660. The SMILES string of the molecule is CCO.CCOC(=O)C[C@@H](c1ccc(=O)[nH]c1)n1ccc(CCCc2ccc3c(n2)CCCC3)n1.O=C(O)C[C@@H](c1ccc(=O)[nH]c1)n1ccc(CCCc2ccc3c(n2)CCCC3)n1.O=S(Cl)Cl. The van der Waals surface area contributed by atoms with Crippen molar-refractivity contribution in [2.24, 2.45) is 0 Å². The summed E-state index contributed by atoms with van der Waals surface area (Å²) >= 11 is 0. The van der Waals surface area contributed by atoms with Gasteiger partial charge in [0.05, 0.1) is 42.9 Å². The number of fused-ring (bicyclic) bond motifs is 2. The number of H-pyrrole nitrogens is 2. The fraction of sp³-hybridized carbons (Fsp3) is 0.440. The van der Waals surface area contributed by atoms with Gasteiger partial charge < -0.3 is 24.9 Å². The van der Waals surface area contributed by atoms with Gasteiger partial charge in [-0.05, 0) is 162 Å². The van der Waals surface area contributed by atoms with Crippen LogP contribution in [0.5, 0.6) is 0 Å². The fourth-order valence-corrected chi connectivity index (χ4v) is 8.33. The van der Waals surface area contributed by atoms with Gasteiger partial charge in [-0.15, -0.1) is 0 Å². The summed E-state index contributed by atoms with van der Waals surface area (Å²) < 4.78 is 17.7. The number of nitrogens with one attached hydrogen (secondary N) is 2. The minimum Gasteiger partial charge on any atom is -0.481 e. The molecule has 4 N–H and O–H groups in total. The van der Waals surface area contributed by atoms with Crippen LogP contribution >= 0.6 is 21.4 Å². The quantitative estimate of drug-likeness (QED) is 0.0510. The Morgan fingerprint density at radius 1 is 0.667 bits per heavy atom. The smallest absolute Gasteiger partial charge is 0.308 e. The van der Waals surface area contributed by atoms with Gasteiger partial charge in [0.2, 0.25) is 20.3 Å². The second-order valence-electron chi connectivity index (χ2n) is 16.6. The number of aliphatic hydroxyl groups is 1. The first-order valence-electron chi connectivity index (χ1n) is 23.5. The summed E-state index contributed by atoms with van der Waals surface area (Å²) in [4.78, 5) is 61.3. The molecule has 2 aliphatic rings. The Balaban J connectivity index is 0.000000227. The molecule has 19 heteroatoms. The lowest BCUT2D eigenvalue weighted by Crippen LogP contribution is -2.19. The molecule has 2 aliphatic carbocycles. The van der Waals surface area contributed by atoms with E-state index in [1.165, 1.54) is 60.3 Å². The van der Waals surface area contributed by atoms with E-state index in [9.17, 15) is 24.3 Å². The molecule has 370 valence electrons. The lowest BCUT2D eigenvalue weighted by Gasteiger charge is -2.17. The second kappa shape index (κ2) is 28.7. The predicted octanol–water partition coefficient (Wildman–Crippen LogP) is 7.69. The van der Waals surface area contributed by atoms with Gasteiger partial charge in [0, 0.05) is 87.7 Å². The molecule has 0 amide bonds. The first kappa shape index (κ1) is 54.2. The summed E-state index contributed by atoms with van der Waals surface area (Å²) in [5.74, 6) is -1.21. The van der Waals surface area contributed by atoms with Crippen LogP contribution in [0, 0.1) is 0 Å². The first-order chi connectivity index (χ1) is 33.3. The van der Waals surface area contributed by atoms with Gasteiger partial charge in [0.1, 0.15) is 0 Å². The van der Waals surface area contributed by atoms with Gasteiger partial charge >= 0.3 is 11.9 Å². The Morgan fingerprint density at radius 3 is 1.49 bits per heavy atom. The van der Waals surface area contributed by atoms with E-state index in [1.807, 2.05) is 24.5 Å². The van der Waals surface area contributed by atoms with Gasteiger partial charge in [0.15, 0.2) is 0 Å². The largest absolute Gasteiger partial charge is 0.481 e. The lowest BCUT2D eigenvalue weighted by atomic mass is 9.95. The van der Waals surface area contributed by atoms with Crippen molar-refractivity contribution in [2.45, 2.75) is 129 Å². The number of pyridine rings is 4. The molecule has 0 aliphatic heterocycles. The minimum absolute atomic E-state index is 0.105.